The summed E-state index contributed by atoms with van der Waals surface area (Å²) in [6.07, 6.45) is -2.79. The minimum absolute atomic E-state index is 0.0239. The van der Waals surface area contributed by atoms with Crippen LogP contribution in [0, 0.1) is 0 Å². The molecule has 90 valence electrons. The molecule has 0 aliphatic carbocycles. The zero-order chi connectivity index (χ0) is 11.4. The fourth-order valence-corrected chi connectivity index (χ4v) is 1.98. The van der Waals surface area contributed by atoms with E-state index in [-0.39, 0.29) is 12.2 Å². The van der Waals surface area contributed by atoms with Crippen molar-refractivity contribution in [2.45, 2.75) is 37.4 Å². The first-order chi connectivity index (χ1) is 7.04. The SMILES string of the molecule is CO[C@@H]1O[C@H](CCS(=O)[O-])C[C@@H](O)[C@H]1O. The summed E-state index contributed by atoms with van der Waals surface area (Å²) in [5.74, 6) is -0.0239. The van der Waals surface area contributed by atoms with Gasteiger partial charge in [-0.3, -0.25) is 4.21 Å². The summed E-state index contributed by atoms with van der Waals surface area (Å²) in [5.41, 5.74) is 0. The van der Waals surface area contributed by atoms with Gasteiger partial charge in [-0.1, -0.05) is 11.1 Å². The van der Waals surface area contributed by atoms with Crippen LogP contribution in [0.4, 0.5) is 0 Å². The van der Waals surface area contributed by atoms with Crippen LogP contribution in [0.25, 0.3) is 0 Å². The first kappa shape index (κ1) is 13.0. The average molecular weight is 239 g/mol. The van der Waals surface area contributed by atoms with Gasteiger partial charge in [-0.2, -0.15) is 0 Å². The van der Waals surface area contributed by atoms with Gasteiger partial charge in [-0.05, 0) is 6.42 Å². The molecule has 0 saturated carbocycles. The van der Waals surface area contributed by atoms with E-state index in [2.05, 4.69) is 0 Å². The van der Waals surface area contributed by atoms with Crippen LogP contribution in [-0.2, 0) is 20.6 Å². The molecule has 0 spiro atoms. The highest BCUT2D eigenvalue weighted by molar-refractivity contribution is 7.79. The highest BCUT2D eigenvalue weighted by Crippen LogP contribution is 2.22. The van der Waals surface area contributed by atoms with E-state index in [1.54, 1.807) is 0 Å². The van der Waals surface area contributed by atoms with Gasteiger partial charge in [0.1, 0.15) is 6.10 Å². The van der Waals surface area contributed by atoms with Crippen LogP contribution >= 0.6 is 0 Å². The number of hydrogen-bond acceptors (Lipinski definition) is 6. The number of aliphatic hydroxyl groups excluding tert-OH is 2. The van der Waals surface area contributed by atoms with Crippen molar-refractivity contribution < 1.29 is 28.4 Å². The molecule has 2 N–H and O–H groups in total. The van der Waals surface area contributed by atoms with Gasteiger partial charge in [0.05, 0.1) is 12.2 Å². The van der Waals surface area contributed by atoms with E-state index >= 15 is 0 Å². The van der Waals surface area contributed by atoms with E-state index in [0.717, 1.165) is 0 Å². The summed E-state index contributed by atoms with van der Waals surface area (Å²) in [4.78, 5) is 0. The van der Waals surface area contributed by atoms with Crippen LogP contribution in [0.3, 0.4) is 0 Å². The van der Waals surface area contributed by atoms with Crippen molar-refractivity contribution in [1.29, 1.82) is 0 Å². The Hall–Kier alpha value is -0.0500. The van der Waals surface area contributed by atoms with Crippen LogP contribution in [-0.4, -0.2) is 56.4 Å². The number of rotatable bonds is 4. The van der Waals surface area contributed by atoms with Crippen LogP contribution in [0.1, 0.15) is 12.8 Å². The van der Waals surface area contributed by atoms with Crippen LogP contribution in [0.2, 0.25) is 0 Å². The van der Waals surface area contributed by atoms with E-state index in [1.165, 1.54) is 7.11 Å². The monoisotopic (exact) mass is 239 g/mol. The molecule has 1 aliphatic heterocycles. The molecule has 15 heavy (non-hydrogen) atoms. The smallest absolute Gasteiger partial charge is 0.185 e. The van der Waals surface area contributed by atoms with Crippen molar-refractivity contribution in [2.75, 3.05) is 12.9 Å². The molecule has 1 heterocycles. The quantitative estimate of drug-likeness (QED) is 0.594. The second kappa shape index (κ2) is 5.88. The maximum Gasteiger partial charge on any atom is 0.185 e. The maximum absolute atomic E-state index is 10.3. The lowest BCUT2D eigenvalue weighted by Crippen LogP contribution is -2.49. The summed E-state index contributed by atoms with van der Waals surface area (Å²) in [7, 11) is 1.36. The molecule has 0 aromatic carbocycles. The predicted molar refractivity (Wildman–Crippen MR) is 50.7 cm³/mol. The molecule has 1 rings (SSSR count). The van der Waals surface area contributed by atoms with E-state index in [0.29, 0.717) is 6.42 Å². The summed E-state index contributed by atoms with van der Waals surface area (Å²) in [5, 5.41) is 18.9. The number of aliphatic hydroxyl groups is 2. The Morgan fingerprint density at radius 1 is 1.60 bits per heavy atom. The van der Waals surface area contributed by atoms with Gasteiger partial charge < -0.3 is 24.2 Å². The molecule has 0 aromatic heterocycles. The van der Waals surface area contributed by atoms with Crippen molar-refractivity contribution in [3.63, 3.8) is 0 Å². The molecule has 5 atom stereocenters. The van der Waals surface area contributed by atoms with Crippen molar-refractivity contribution in [3.8, 4) is 0 Å². The minimum Gasteiger partial charge on any atom is -0.772 e. The van der Waals surface area contributed by atoms with Gasteiger partial charge in [-0.15, -0.1) is 0 Å². The molecule has 7 heteroatoms. The van der Waals surface area contributed by atoms with Crippen LogP contribution in [0.5, 0.6) is 0 Å². The van der Waals surface area contributed by atoms with Gasteiger partial charge in [0, 0.05) is 19.3 Å². The lowest BCUT2D eigenvalue weighted by atomic mass is 10.0. The van der Waals surface area contributed by atoms with Crippen molar-refractivity contribution in [2.24, 2.45) is 0 Å². The van der Waals surface area contributed by atoms with Gasteiger partial charge in [-0.25, -0.2) is 0 Å². The topological polar surface area (TPSA) is 99.1 Å². The third-order valence-electron chi connectivity index (χ3n) is 2.34. The second-order valence-corrected chi connectivity index (χ2v) is 4.47. The molecule has 0 aromatic rings. The molecule has 0 radical (unpaired) electrons. The van der Waals surface area contributed by atoms with Gasteiger partial charge in [0.25, 0.3) is 0 Å². The molecule has 1 aliphatic rings. The van der Waals surface area contributed by atoms with Gasteiger partial charge >= 0.3 is 0 Å². The van der Waals surface area contributed by atoms with Gasteiger partial charge in [0.15, 0.2) is 6.29 Å². The second-order valence-electron chi connectivity index (χ2n) is 3.45. The van der Waals surface area contributed by atoms with E-state index < -0.39 is 35.7 Å². The Balaban J connectivity index is 2.44. The van der Waals surface area contributed by atoms with E-state index in [4.69, 9.17) is 9.47 Å². The van der Waals surface area contributed by atoms with Crippen LogP contribution in [0.15, 0.2) is 0 Å². The van der Waals surface area contributed by atoms with Crippen LogP contribution < -0.4 is 0 Å². The zero-order valence-electron chi connectivity index (χ0n) is 8.37. The molecule has 1 fully saturated rings. The summed E-state index contributed by atoms with van der Waals surface area (Å²) in [6, 6.07) is 0. The lowest BCUT2D eigenvalue weighted by molar-refractivity contribution is -0.257. The molecule has 1 unspecified atom stereocenters. The molecule has 0 bridgehead atoms. The molecule has 1 saturated heterocycles. The van der Waals surface area contributed by atoms with Crippen molar-refractivity contribution in [3.05, 3.63) is 0 Å². The summed E-state index contributed by atoms with van der Waals surface area (Å²) >= 11 is -2.12. The standard InChI is InChI=1S/C8H16O6S/c1-13-8-7(10)6(9)4-5(14-8)2-3-15(11)12/h5-10H,2-4H2,1H3,(H,11,12)/p-1/t5-,6-,7-,8-/m1/s1. The summed E-state index contributed by atoms with van der Waals surface area (Å²) in [6.45, 7) is 0. The molecular formula is C8H15O6S-. The Kier molecular flexibility index (Phi) is 5.10. The number of hydrogen-bond donors (Lipinski definition) is 2. The van der Waals surface area contributed by atoms with E-state index in [9.17, 15) is 19.0 Å². The molecule has 6 nitrogen and oxygen atoms in total. The number of methoxy groups -OCH3 is 1. The Morgan fingerprint density at radius 2 is 2.27 bits per heavy atom. The van der Waals surface area contributed by atoms with Gasteiger partial charge in [0.2, 0.25) is 0 Å². The minimum atomic E-state index is -2.12. The number of ether oxygens (including phenoxy) is 2. The normalized spacial score (nSPS) is 38.9. The first-order valence-corrected chi connectivity index (χ1v) is 5.89. The third kappa shape index (κ3) is 3.78. The lowest BCUT2D eigenvalue weighted by Gasteiger charge is -2.36. The van der Waals surface area contributed by atoms with Crippen molar-refractivity contribution in [1.82, 2.24) is 0 Å². The Bertz CT molecular complexity index is 223. The summed E-state index contributed by atoms with van der Waals surface area (Å²) < 4.78 is 30.8. The third-order valence-corrected chi connectivity index (χ3v) is 2.91. The Labute approximate surface area is 90.5 Å². The fourth-order valence-electron chi connectivity index (χ4n) is 1.52. The van der Waals surface area contributed by atoms with Crippen molar-refractivity contribution >= 4 is 11.1 Å². The fraction of sp³-hybridized carbons (Fsp3) is 1.00. The Morgan fingerprint density at radius 3 is 2.80 bits per heavy atom. The largest absolute Gasteiger partial charge is 0.772 e. The molecule has 0 amide bonds. The highest BCUT2D eigenvalue weighted by atomic mass is 32.2. The predicted octanol–water partition coefficient (Wildman–Crippen LogP) is -1.26. The van der Waals surface area contributed by atoms with E-state index in [1.807, 2.05) is 0 Å². The molecular weight excluding hydrogens is 224 g/mol. The average Bonchev–Trinajstić information content (AvgIpc) is 2.19. The zero-order valence-corrected chi connectivity index (χ0v) is 9.18. The highest BCUT2D eigenvalue weighted by Gasteiger charge is 2.36. The maximum atomic E-state index is 10.3. The first-order valence-electron chi connectivity index (χ1n) is 4.65.